The van der Waals surface area contributed by atoms with Crippen LogP contribution in [0.4, 0.5) is 0 Å². The molecule has 2 saturated heterocycles. The number of hydrogen-bond acceptors (Lipinski definition) is 6. The fourth-order valence-corrected chi connectivity index (χ4v) is 4.45. The topological polar surface area (TPSA) is 79.4 Å². The minimum absolute atomic E-state index is 0.236. The van der Waals surface area contributed by atoms with Crippen molar-refractivity contribution in [2.45, 2.75) is 19.3 Å². The first kappa shape index (κ1) is 18.6. The number of rotatable bonds is 7. The second-order valence-electron chi connectivity index (χ2n) is 5.83. The maximum absolute atomic E-state index is 12.8. The molecule has 23 heavy (non-hydrogen) atoms. The first-order valence-electron chi connectivity index (χ1n) is 8.16. The molecule has 0 aliphatic carbocycles. The lowest BCUT2D eigenvalue weighted by Crippen LogP contribution is -2.50. The first-order chi connectivity index (χ1) is 11.0. The molecule has 2 rings (SSSR count). The van der Waals surface area contributed by atoms with Crippen molar-refractivity contribution in [3.05, 3.63) is 0 Å². The third kappa shape index (κ3) is 5.39. The number of esters is 1. The molecule has 0 unspecified atom stereocenters. The molecule has 0 spiro atoms. The number of nitrogens with zero attached hydrogens (tertiary/aromatic N) is 3. The number of carbonyl (C=O) groups excluding carboxylic acids is 1. The Balaban J connectivity index is 2.00. The van der Waals surface area contributed by atoms with Crippen LogP contribution in [0.25, 0.3) is 0 Å². The zero-order chi connectivity index (χ0) is 16.7. The van der Waals surface area contributed by atoms with Crippen molar-refractivity contribution in [3.8, 4) is 0 Å². The zero-order valence-corrected chi connectivity index (χ0v) is 14.6. The summed E-state index contributed by atoms with van der Waals surface area (Å²) in [6, 6.07) is 0. The van der Waals surface area contributed by atoms with E-state index in [0.29, 0.717) is 32.8 Å². The van der Waals surface area contributed by atoms with Gasteiger partial charge in [-0.05, 0) is 12.8 Å². The highest BCUT2D eigenvalue weighted by Crippen LogP contribution is 2.16. The van der Waals surface area contributed by atoms with Crippen molar-refractivity contribution in [3.63, 3.8) is 0 Å². The predicted octanol–water partition coefficient (Wildman–Crippen LogP) is -0.476. The fraction of sp³-hybridized carbons (Fsp3) is 0.929. The van der Waals surface area contributed by atoms with Gasteiger partial charge in [-0.3, -0.25) is 9.69 Å². The van der Waals surface area contributed by atoms with Crippen molar-refractivity contribution in [1.82, 2.24) is 13.5 Å². The molecule has 0 radical (unpaired) electrons. The molecule has 0 amide bonds. The van der Waals surface area contributed by atoms with Crippen molar-refractivity contribution in [2.24, 2.45) is 0 Å². The summed E-state index contributed by atoms with van der Waals surface area (Å²) in [7, 11) is -2.35. The second kappa shape index (κ2) is 8.93. The van der Waals surface area contributed by atoms with Gasteiger partial charge in [-0.15, -0.1) is 0 Å². The Bertz CT molecular complexity index is 473. The van der Waals surface area contributed by atoms with Crippen LogP contribution in [0.3, 0.4) is 0 Å². The zero-order valence-electron chi connectivity index (χ0n) is 13.8. The van der Waals surface area contributed by atoms with Gasteiger partial charge in [0.15, 0.2) is 0 Å². The number of morpholine rings is 1. The largest absolute Gasteiger partial charge is 0.468 e. The van der Waals surface area contributed by atoms with E-state index in [-0.39, 0.29) is 13.1 Å². The summed E-state index contributed by atoms with van der Waals surface area (Å²) >= 11 is 0. The molecule has 0 aromatic carbocycles. The van der Waals surface area contributed by atoms with Gasteiger partial charge in [0.25, 0.3) is 10.2 Å². The highest BCUT2D eigenvalue weighted by Gasteiger charge is 2.32. The van der Waals surface area contributed by atoms with Gasteiger partial charge >= 0.3 is 5.97 Å². The Morgan fingerprint density at radius 1 is 1.13 bits per heavy atom. The third-order valence-electron chi connectivity index (χ3n) is 4.27. The fourth-order valence-electron chi connectivity index (χ4n) is 2.82. The van der Waals surface area contributed by atoms with E-state index in [4.69, 9.17) is 4.74 Å². The summed E-state index contributed by atoms with van der Waals surface area (Å²) in [4.78, 5) is 13.8. The summed E-state index contributed by atoms with van der Waals surface area (Å²) in [6.07, 6.45) is 2.79. The molecule has 0 aromatic heterocycles. The van der Waals surface area contributed by atoms with Crippen LogP contribution in [0, 0.1) is 0 Å². The molecule has 0 saturated carbocycles. The van der Waals surface area contributed by atoms with Crippen molar-refractivity contribution in [1.29, 1.82) is 0 Å². The SMILES string of the molecule is COC(=O)CN(CCN1CCOCC1)S(=O)(=O)N1CCCCC1. The van der Waals surface area contributed by atoms with E-state index < -0.39 is 16.2 Å². The Morgan fingerprint density at radius 3 is 2.39 bits per heavy atom. The van der Waals surface area contributed by atoms with E-state index in [1.807, 2.05) is 0 Å². The lowest BCUT2D eigenvalue weighted by molar-refractivity contribution is -0.140. The van der Waals surface area contributed by atoms with E-state index in [1.54, 1.807) is 0 Å². The molecule has 2 aliphatic heterocycles. The number of methoxy groups -OCH3 is 1. The normalized spacial score (nSPS) is 21.5. The van der Waals surface area contributed by atoms with E-state index in [0.717, 1.165) is 32.4 Å². The van der Waals surface area contributed by atoms with Crippen molar-refractivity contribution >= 4 is 16.2 Å². The van der Waals surface area contributed by atoms with Crippen LogP contribution < -0.4 is 0 Å². The van der Waals surface area contributed by atoms with Gasteiger partial charge in [0.05, 0.1) is 20.3 Å². The molecule has 2 fully saturated rings. The quantitative estimate of drug-likeness (QED) is 0.578. The van der Waals surface area contributed by atoms with Crippen molar-refractivity contribution in [2.75, 3.05) is 66.1 Å². The van der Waals surface area contributed by atoms with Gasteiger partial charge in [-0.1, -0.05) is 6.42 Å². The molecule has 0 atom stereocenters. The molecule has 134 valence electrons. The Hall–Kier alpha value is -0.740. The van der Waals surface area contributed by atoms with E-state index in [2.05, 4.69) is 9.64 Å². The number of piperidine rings is 1. The summed E-state index contributed by atoms with van der Waals surface area (Å²) in [5.41, 5.74) is 0. The van der Waals surface area contributed by atoms with Crippen LogP contribution >= 0.6 is 0 Å². The van der Waals surface area contributed by atoms with Crippen LogP contribution in [0.2, 0.25) is 0 Å². The van der Waals surface area contributed by atoms with E-state index in [1.165, 1.54) is 15.7 Å². The minimum atomic E-state index is -3.62. The van der Waals surface area contributed by atoms with Gasteiger partial charge in [0.1, 0.15) is 6.54 Å². The third-order valence-corrected chi connectivity index (χ3v) is 6.25. The number of carbonyl (C=O) groups is 1. The van der Waals surface area contributed by atoms with Crippen LogP contribution in [0.5, 0.6) is 0 Å². The Kier molecular flexibility index (Phi) is 7.22. The molecule has 2 aliphatic rings. The summed E-state index contributed by atoms with van der Waals surface area (Å²) < 4.78 is 38.3. The molecule has 0 aromatic rings. The standard InChI is InChI=1S/C14H27N3O5S/c1-21-14(18)13-17(8-7-15-9-11-22-12-10-15)23(19,20)16-5-3-2-4-6-16/h2-13H2,1H3. The molecular weight excluding hydrogens is 322 g/mol. The van der Waals surface area contributed by atoms with Gasteiger partial charge in [0, 0.05) is 39.3 Å². The molecule has 9 heteroatoms. The highest BCUT2D eigenvalue weighted by atomic mass is 32.2. The van der Waals surface area contributed by atoms with E-state index >= 15 is 0 Å². The molecule has 2 heterocycles. The van der Waals surface area contributed by atoms with Crippen LogP contribution in [-0.2, 0) is 24.5 Å². The molecule has 8 nitrogen and oxygen atoms in total. The highest BCUT2D eigenvalue weighted by molar-refractivity contribution is 7.86. The smallest absolute Gasteiger partial charge is 0.321 e. The van der Waals surface area contributed by atoms with Crippen LogP contribution in [-0.4, -0.2) is 94.0 Å². The average Bonchev–Trinajstić information content (AvgIpc) is 2.59. The maximum Gasteiger partial charge on any atom is 0.321 e. The molecule has 0 N–H and O–H groups in total. The number of ether oxygens (including phenoxy) is 2. The Labute approximate surface area is 138 Å². The Morgan fingerprint density at radius 2 is 1.78 bits per heavy atom. The molecule has 0 bridgehead atoms. The molecular formula is C14H27N3O5S. The average molecular weight is 349 g/mol. The number of hydrogen-bond donors (Lipinski definition) is 0. The summed E-state index contributed by atoms with van der Waals surface area (Å²) in [5, 5.41) is 0. The lowest BCUT2D eigenvalue weighted by atomic mass is 10.2. The van der Waals surface area contributed by atoms with Crippen LogP contribution in [0.1, 0.15) is 19.3 Å². The predicted molar refractivity (Wildman–Crippen MR) is 85.2 cm³/mol. The maximum atomic E-state index is 12.8. The monoisotopic (exact) mass is 349 g/mol. The summed E-state index contributed by atoms with van der Waals surface area (Å²) in [6.45, 7) is 4.59. The lowest BCUT2D eigenvalue weighted by Gasteiger charge is -2.33. The van der Waals surface area contributed by atoms with Gasteiger partial charge < -0.3 is 9.47 Å². The summed E-state index contributed by atoms with van der Waals surface area (Å²) in [5.74, 6) is -0.535. The van der Waals surface area contributed by atoms with Gasteiger partial charge in [-0.2, -0.15) is 17.0 Å². The van der Waals surface area contributed by atoms with Crippen LogP contribution in [0.15, 0.2) is 0 Å². The van der Waals surface area contributed by atoms with E-state index in [9.17, 15) is 13.2 Å². The second-order valence-corrected chi connectivity index (χ2v) is 7.76. The minimum Gasteiger partial charge on any atom is -0.468 e. The van der Waals surface area contributed by atoms with Crippen molar-refractivity contribution < 1.29 is 22.7 Å². The first-order valence-corrected chi connectivity index (χ1v) is 9.56. The van der Waals surface area contributed by atoms with Gasteiger partial charge in [0.2, 0.25) is 0 Å². The van der Waals surface area contributed by atoms with Gasteiger partial charge in [-0.25, -0.2) is 0 Å².